The molecule has 44 N–H and O–H groups in total. The molecule has 4 aromatic rings. The van der Waals surface area contributed by atoms with Crippen LogP contribution in [0, 0.1) is 27.0 Å². The number of benzene rings is 3. The number of aromatic nitrogens is 1. The predicted octanol–water partition coefficient (Wildman–Crippen LogP) is -6.50. The lowest BCUT2D eigenvalue weighted by Crippen LogP contribution is -2.61. The first-order chi connectivity index (χ1) is 68.3. The third-order valence-electron chi connectivity index (χ3n) is 23.3. The molecule has 3 aromatic carbocycles. The molecule has 15 amide bonds. The van der Waals surface area contributed by atoms with E-state index in [4.69, 9.17) is 78.6 Å². The van der Waals surface area contributed by atoms with Crippen LogP contribution in [0.25, 0.3) is 10.9 Å². The van der Waals surface area contributed by atoms with Gasteiger partial charge in [0, 0.05) is 94.1 Å². The van der Waals surface area contributed by atoms with Crippen LogP contribution >= 0.6 is 21.6 Å². The number of aromatic amines is 1. The number of carbonyl (C=O) groups excluding carboxylic acids is 15. The standard InChI is InChI=1S/C90H144N34O17S2/c1-50(125)111-59(22-11-39-106-87(97)98)73(129)115-64(25-14-42-109-90(103)104)77(133)120-68(46-53-47-110-57-17-3-2-16-56(53)57)81(137)123-70-49-143-142-48-69(82(138)112-58(72(94)128)21-10-38-105-86(95)96)122-78(134)61(19-5-8-36-92)114-75(131)63(24-13-41-108-89(101)102)117-80(136)67(45-52-29-33-55(127)34-30-52)121-84(140)71-26-15-43-124(71)85(141)65(20-6-9-37-93)118-76(132)60(18-4-7-35-91)113-74(130)62(23-12-40-107-88(99)100)116-79(135)66(119-83(70)139)44-51-27-31-54(126)32-28-51/h2-3,16-17,27-34,47,58-71,110,126-127H,4-15,18-26,35-46,48-49,91-93H2,1H3,(H2,94,128)(H,111,125)(H,112,138)(H,113,130)(H,114,131)(H,115,129)(H,116,135)(H,117,136)(H,118,132)(H,119,139)(H,120,133)(H,121,140)(H,122,134)(H,123,137)(H4,95,96,105)(H4,97,98,106)(H4,99,100,107)(H4,101,102,108)(H4,103,104,109)/t58-,59-,60-,61-,62-,63-,64-,65+,66-,67-,68-,69-,70-,71-/m0/s1. The maximum absolute atomic E-state index is 16.1. The number of hydrogen-bond acceptors (Lipinski definition) is 27. The first-order valence-electron chi connectivity index (χ1n) is 47.6. The van der Waals surface area contributed by atoms with Crippen molar-refractivity contribution in [2.75, 3.05) is 70.4 Å². The van der Waals surface area contributed by atoms with E-state index in [1.54, 1.807) is 30.5 Å². The highest BCUT2D eigenvalue weighted by Crippen LogP contribution is 2.27. The van der Waals surface area contributed by atoms with Crippen molar-refractivity contribution >= 4 is 151 Å². The van der Waals surface area contributed by atoms with Crippen molar-refractivity contribution in [2.24, 2.45) is 51.6 Å². The van der Waals surface area contributed by atoms with E-state index in [0.717, 1.165) is 21.6 Å². The lowest BCUT2D eigenvalue weighted by Gasteiger charge is -2.31. The molecule has 2 fully saturated rings. The smallest absolute Gasteiger partial charge is 0.245 e. The number of guanidine groups is 5. The Hall–Kier alpha value is -14.2. The van der Waals surface area contributed by atoms with Gasteiger partial charge in [-0.3, -0.25) is 99.0 Å². The van der Waals surface area contributed by atoms with Gasteiger partial charge < -0.3 is 167 Å². The van der Waals surface area contributed by atoms with Crippen LogP contribution < -0.4 is 147 Å². The van der Waals surface area contributed by atoms with E-state index in [-0.39, 0.29) is 217 Å². The van der Waals surface area contributed by atoms with Crippen LogP contribution in [0.15, 0.2) is 79.0 Å². The Morgan fingerprint density at radius 3 is 1.26 bits per heavy atom. The van der Waals surface area contributed by atoms with Crippen LogP contribution in [-0.4, -0.2) is 293 Å². The van der Waals surface area contributed by atoms with E-state index < -0.39 is 215 Å². The number of unbranched alkanes of at least 4 members (excludes halogenated alkanes) is 3. The number of nitrogens with two attached hydrogens (primary N) is 9. The molecule has 0 aliphatic carbocycles. The Morgan fingerprint density at radius 2 is 0.811 bits per heavy atom. The monoisotopic (exact) mass is 2040 g/mol. The molecule has 14 atom stereocenters. The summed E-state index contributed by atoms with van der Waals surface area (Å²) in [5.41, 5.74) is 53.7. The summed E-state index contributed by atoms with van der Waals surface area (Å²) in [6.45, 7) is 1.52. The largest absolute Gasteiger partial charge is 0.508 e. The van der Waals surface area contributed by atoms with Gasteiger partial charge in [0.15, 0.2) is 29.8 Å². The Labute approximate surface area is 836 Å². The van der Waals surface area contributed by atoms with Crippen molar-refractivity contribution in [2.45, 2.75) is 246 Å². The average Bonchev–Trinajstić information content (AvgIpc) is 1.76. The maximum atomic E-state index is 16.1. The molecule has 0 unspecified atom stereocenters. The molecule has 6 rings (SSSR count). The number of para-hydroxylation sites is 1. The number of rotatable bonds is 48. The molecule has 53 heteroatoms. The number of H-pyrrole nitrogens is 1. The molecular weight excluding hydrogens is 1890 g/mol. The third kappa shape index (κ3) is 43.0. The molecule has 143 heavy (non-hydrogen) atoms. The highest BCUT2D eigenvalue weighted by Gasteiger charge is 2.43. The van der Waals surface area contributed by atoms with E-state index in [1.165, 1.54) is 60.4 Å². The summed E-state index contributed by atoms with van der Waals surface area (Å²) >= 11 is 0. The second-order valence-corrected chi connectivity index (χ2v) is 37.3. The SMILES string of the molecule is CC(=O)N[C@@H](CCCNC(=N)N)C(=O)N[C@@H](CCCNC(=N)N)C(=O)N[C@@H](Cc1c[nH]c2ccccc12)C(=O)N[C@H]1CSSC[C@@H](C(=O)N[C@@H](CCCNC(=N)N)C(N)=O)NC(=O)[C@H](CCCCN)NC(=O)[C@H](CCCNC(=N)N)NC(=O)[C@H](Cc2ccc(O)cc2)NC(=O)[C@@H]2CCCN2C(=O)[C@@H](CCCCN)NC(=O)[C@H](CCCCN)NC(=O)[C@H](CCCNC(=N)N)NC(=O)[C@H](Cc2ccc(O)cc2)NC1=O. The zero-order chi connectivity index (χ0) is 105. The van der Waals surface area contributed by atoms with Crippen LogP contribution in [0.1, 0.15) is 158 Å². The van der Waals surface area contributed by atoms with Gasteiger partial charge in [-0.15, -0.1) is 0 Å². The number of amides is 15. The Kier molecular flexibility index (Phi) is 51.6. The fraction of sp³-hybridized carbons (Fsp3) is 0.556. The summed E-state index contributed by atoms with van der Waals surface area (Å²) in [6.07, 6.45) is 1.24. The summed E-state index contributed by atoms with van der Waals surface area (Å²) in [7, 11) is 1.57. The number of aromatic hydroxyl groups is 2. The molecular formula is C90H144N34O17S2. The second kappa shape index (κ2) is 62.8. The van der Waals surface area contributed by atoms with Gasteiger partial charge in [0.25, 0.3) is 0 Å². The van der Waals surface area contributed by atoms with Gasteiger partial charge in [-0.1, -0.05) is 64.1 Å². The van der Waals surface area contributed by atoms with E-state index in [2.05, 4.69) is 101 Å². The van der Waals surface area contributed by atoms with Gasteiger partial charge in [-0.2, -0.15) is 0 Å². The zero-order valence-corrected chi connectivity index (χ0v) is 81.9. The first-order valence-corrected chi connectivity index (χ1v) is 50.1. The summed E-state index contributed by atoms with van der Waals surface area (Å²) in [5.74, 6) is -17.9. The number of nitrogens with one attached hydrogen (secondary N) is 24. The fourth-order valence-corrected chi connectivity index (χ4v) is 18.1. The number of primary amides is 1. The summed E-state index contributed by atoms with van der Waals surface area (Å²) in [5, 5.41) is 109. The Morgan fingerprint density at radius 1 is 0.427 bits per heavy atom. The van der Waals surface area contributed by atoms with Crippen molar-refractivity contribution in [1.29, 1.82) is 27.0 Å². The van der Waals surface area contributed by atoms with Crippen molar-refractivity contribution in [3.8, 4) is 11.5 Å². The van der Waals surface area contributed by atoms with Gasteiger partial charge in [-0.25, -0.2) is 0 Å². The van der Waals surface area contributed by atoms with Gasteiger partial charge in [0.1, 0.15) is 96.1 Å². The highest BCUT2D eigenvalue weighted by molar-refractivity contribution is 8.76. The number of phenolic OH excluding ortho intramolecular Hbond substituents is 2. The number of phenols is 2. The maximum Gasteiger partial charge on any atom is 0.245 e. The minimum Gasteiger partial charge on any atom is -0.508 e. The van der Waals surface area contributed by atoms with Gasteiger partial charge in [0.05, 0.1) is 0 Å². The molecule has 1 aromatic heterocycles. The van der Waals surface area contributed by atoms with Crippen LogP contribution in [0.3, 0.4) is 0 Å². The molecule has 2 aliphatic heterocycles. The van der Waals surface area contributed by atoms with Gasteiger partial charge in [0.2, 0.25) is 88.6 Å². The van der Waals surface area contributed by atoms with Gasteiger partial charge >= 0.3 is 0 Å². The lowest BCUT2D eigenvalue weighted by molar-refractivity contribution is -0.142. The van der Waals surface area contributed by atoms with Gasteiger partial charge in [-0.05, 0) is 201 Å². The van der Waals surface area contributed by atoms with Crippen molar-refractivity contribution < 1.29 is 82.1 Å². The normalized spacial score (nSPS) is 20.3. The van der Waals surface area contributed by atoms with Crippen molar-refractivity contribution in [1.82, 2.24) is 106 Å². The number of carbonyl (C=O) groups is 15. The van der Waals surface area contributed by atoms with E-state index in [1.807, 2.05) is 0 Å². The van der Waals surface area contributed by atoms with E-state index in [0.29, 0.717) is 34.9 Å². The molecule has 0 saturated carbocycles. The minimum absolute atomic E-state index is 0.00743. The quantitative estimate of drug-likeness (QED) is 0.00846. The minimum atomic E-state index is -1.89. The van der Waals surface area contributed by atoms with E-state index >= 15 is 57.5 Å². The van der Waals surface area contributed by atoms with E-state index in [9.17, 15) is 24.6 Å². The molecule has 51 nitrogen and oxygen atoms in total. The molecule has 0 spiro atoms. The van der Waals surface area contributed by atoms with Crippen LogP contribution in [0.4, 0.5) is 0 Å². The summed E-state index contributed by atoms with van der Waals surface area (Å²) in [6, 6.07) is -4.18. The second-order valence-electron chi connectivity index (χ2n) is 34.7. The summed E-state index contributed by atoms with van der Waals surface area (Å²) in [4.78, 5) is 230. The average molecular weight is 2040 g/mol. The van der Waals surface area contributed by atoms with Crippen molar-refractivity contribution in [3.05, 3.63) is 95.7 Å². The topological polar surface area (TPSA) is 886 Å². The highest BCUT2D eigenvalue weighted by atomic mass is 33.1. The molecule has 788 valence electrons. The van der Waals surface area contributed by atoms with Crippen molar-refractivity contribution in [3.63, 3.8) is 0 Å². The predicted molar refractivity (Wildman–Crippen MR) is 540 cm³/mol. The van der Waals surface area contributed by atoms with Crippen LogP contribution in [-0.2, 0) is 91.2 Å². The lowest BCUT2D eigenvalue weighted by atomic mass is 10.0. The zero-order valence-electron chi connectivity index (χ0n) is 80.3. The third-order valence-corrected chi connectivity index (χ3v) is 25.7. The molecule has 2 aliphatic rings. The molecule has 0 radical (unpaired) electrons. The van der Waals surface area contributed by atoms with Crippen LogP contribution in [0.2, 0.25) is 0 Å². The number of nitrogens with zero attached hydrogens (tertiary/aromatic N) is 1. The summed E-state index contributed by atoms with van der Waals surface area (Å²) < 4.78 is 0. The Bertz CT molecular complexity index is 4950. The fourth-order valence-electron chi connectivity index (χ4n) is 15.8. The number of fused-ring (bicyclic) bond motifs is 2. The van der Waals surface area contributed by atoms with Crippen LogP contribution in [0.5, 0.6) is 11.5 Å². The Balaban J connectivity index is 1.61. The molecule has 3 heterocycles. The first kappa shape index (κ1) is 117. The number of hydrogen-bond donors (Lipinski definition) is 35. The molecule has 2 saturated heterocycles. The molecule has 0 bridgehead atoms.